The molecule has 2 heterocycles. The standard InChI is InChI=1S/C29H30FN3O6S/c1-17(34)33-21-6-5-19(13-26(35)36)25(14-21)39-16-18-11-20-8-10-38-28(20)23(12-18)22-7-9-31-24(27(22)30)15-32-40(37)29(2,3)4/h5-12,14,32H,13,15-16H2,1-4H3,(H,33,34)(H,35,36). The van der Waals surface area contributed by atoms with Crippen LogP contribution in [0.3, 0.4) is 0 Å². The summed E-state index contributed by atoms with van der Waals surface area (Å²) >= 11 is 0. The van der Waals surface area contributed by atoms with Gasteiger partial charge in [-0.2, -0.15) is 0 Å². The van der Waals surface area contributed by atoms with E-state index in [4.69, 9.17) is 9.15 Å². The van der Waals surface area contributed by atoms with E-state index in [0.717, 1.165) is 5.39 Å². The van der Waals surface area contributed by atoms with Gasteiger partial charge >= 0.3 is 5.97 Å². The molecule has 40 heavy (non-hydrogen) atoms. The number of hydrogen-bond acceptors (Lipinski definition) is 6. The minimum atomic E-state index is -1.40. The number of carboxylic acids is 1. The molecule has 2 aromatic carbocycles. The molecule has 4 rings (SSSR count). The van der Waals surface area contributed by atoms with Crippen LogP contribution in [0.1, 0.15) is 44.5 Å². The summed E-state index contributed by atoms with van der Waals surface area (Å²) in [6.07, 6.45) is 2.73. The Bertz CT molecular complexity index is 1590. The summed E-state index contributed by atoms with van der Waals surface area (Å²) in [5.74, 6) is -1.56. The summed E-state index contributed by atoms with van der Waals surface area (Å²) in [4.78, 5) is 27.0. The molecule has 0 aliphatic heterocycles. The molecule has 0 aliphatic rings. The van der Waals surface area contributed by atoms with Crippen molar-refractivity contribution in [2.24, 2.45) is 0 Å². The van der Waals surface area contributed by atoms with Gasteiger partial charge in [0.1, 0.15) is 17.9 Å². The molecule has 1 amide bonds. The Morgan fingerprint density at radius 2 is 1.90 bits per heavy atom. The molecule has 3 N–H and O–H groups in total. The Labute approximate surface area is 233 Å². The molecule has 0 saturated carbocycles. The summed E-state index contributed by atoms with van der Waals surface area (Å²) in [5, 5.41) is 12.7. The van der Waals surface area contributed by atoms with Crippen LogP contribution in [-0.2, 0) is 40.1 Å². The maximum atomic E-state index is 15.7. The van der Waals surface area contributed by atoms with Crippen LogP contribution in [0.5, 0.6) is 5.75 Å². The van der Waals surface area contributed by atoms with E-state index in [1.54, 1.807) is 36.4 Å². The van der Waals surface area contributed by atoms with Crippen molar-refractivity contribution in [1.82, 2.24) is 9.71 Å². The Morgan fingerprint density at radius 1 is 1.12 bits per heavy atom. The first kappa shape index (κ1) is 28.9. The molecule has 1 unspecified atom stereocenters. The van der Waals surface area contributed by atoms with Gasteiger partial charge in [0.05, 0.1) is 40.7 Å². The van der Waals surface area contributed by atoms with Crippen molar-refractivity contribution in [2.45, 2.75) is 52.0 Å². The van der Waals surface area contributed by atoms with Gasteiger partial charge in [-0.15, -0.1) is 0 Å². The number of furan rings is 1. The number of carbonyl (C=O) groups excluding carboxylic acids is 1. The first-order valence-corrected chi connectivity index (χ1v) is 13.6. The van der Waals surface area contributed by atoms with Gasteiger partial charge in [-0.25, -0.2) is 13.3 Å². The summed E-state index contributed by atoms with van der Waals surface area (Å²) in [6.45, 7) is 6.84. The van der Waals surface area contributed by atoms with E-state index in [-0.39, 0.29) is 36.7 Å². The second-order valence-corrected chi connectivity index (χ2v) is 12.2. The zero-order chi connectivity index (χ0) is 29.0. The molecule has 0 aliphatic carbocycles. The van der Waals surface area contributed by atoms with E-state index in [2.05, 4.69) is 15.0 Å². The zero-order valence-electron chi connectivity index (χ0n) is 22.5. The van der Waals surface area contributed by atoms with Crippen molar-refractivity contribution in [2.75, 3.05) is 5.32 Å². The van der Waals surface area contributed by atoms with E-state index in [1.807, 2.05) is 26.8 Å². The third-order valence-corrected chi connectivity index (χ3v) is 7.43. The number of carboxylic acid groups (broad SMARTS) is 1. The number of aromatic nitrogens is 1. The van der Waals surface area contributed by atoms with E-state index < -0.39 is 27.5 Å². The fraction of sp³-hybridized carbons (Fsp3) is 0.276. The van der Waals surface area contributed by atoms with Crippen LogP contribution in [0.2, 0.25) is 0 Å². The molecule has 0 bridgehead atoms. The van der Waals surface area contributed by atoms with E-state index in [0.29, 0.717) is 33.7 Å². The number of halogens is 1. The molecule has 4 aromatic rings. The normalized spacial score (nSPS) is 12.3. The Hall–Kier alpha value is -4.09. The van der Waals surface area contributed by atoms with Crippen LogP contribution < -0.4 is 14.8 Å². The predicted molar refractivity (Wildman–Crippen MR) is 151 cm³/mol. The number of nitrogens with zero attached hydrogens (tertiary/aromatic N) is 1. The van der Waals surface area contributed by atoms with Crippen LogP contribution >= 0.6 is 0 Å². The summed E-state index contributed by atoms with van der Waals surface area (Å²) in [6, 6.07) is 11.6. The third kappa shape index (κ3) is 6.91. The van der Waals surface area contributed by atoms with Crippen molar-refractivity contribution in [1.29, 1.82) is 0 Å². The number of carbonyl (C=O) groups is 2. The molecule has 0 spiro atoms. The lowest BCUT2D eigenvalue weighted by molar-refractivity contribution is -0.136. The van der Waals surface area contributed by atoms with Crippen molar-refractivity contribution in [3.8, 4) is 16.9 Å². The average molecular weight is 568 g/mol. The largest absolute Gasteiger partial charge is 0.489 e. The SMILES string of the molecule is CC(=O)Nc1ccc(CC(=O)O)c(OCc2cc(-c3ccnc(CNS(=O)C(C)(C)C)c3F)c3occc3c2)c1. The zero-order valence-corrected chi connectivity index (χ0v) is 23.4. The number of amides is 1. The van der Waals surface area contributed by atoms with Gasteiger partial charge in [0.25, 0.3) is 0 Å². The lowest BCUT2D eigenvalue weighted by Gasteiger charge is -2.18. The number of pyridine rings is 1. The summed E-state index contributed by atoms with van der Waals surface area (Å²) < 4.78 is 42.1. The van der Waals surface area contributed by atoms with Gasteiger partial charge < -0.3 is 19.6 Å². The molecule has 9 nitrogen and oxygen atoms in total. The highest BCUT2D eigenvalue weighted by molar-refractivity contribution is 7.84. The Kier molecular flexibility index (Phi) is 8.65. The monoisotopic (exact) mass is 567 g/mol. The highest BCUT2D eigenvalue weighted by atomic mass is 32.2. The third-order valence-electron chi connectivity index (χ3n) is 5.91. The average Bonchev–Trinajstić information content (AvgIpc) is 3.35. The second-order valence-electron chi connectivity index (χ2n) is 10.2. The van der Waals surface area contributed by atoms with Crippen LogP contribution in [0.15, 0.2) is 59.3 Å². The molecular formula is C29H30FN3O6S. The van der Waals surface area contributed by atoms with Gasteiger partial charge in [-0.3, -0.25) is 14.6 Å². The summed E-state index contributed by atoms with van der Waals surface area (Å²) in [7, 11) is -1.40. The number of aliphatic carboxylic acids is 1. The number of benzene rings is 2. The minimum absolute atomic E-state index is 0.0232. The quantitative estimate of drug-likeness (QED) is 0.235. The number of hydrogen-bond donors (Lipinski definition) is 3. The topological polar surface area (TPSA) is 131 Å². The smallest absolute Gasteiger partial charge is 0.307 e. The van der Waals surface area contributed by atoms with Crippen LogP contribution in [0, 0.1) is 5.82 Å². The van der Waals surface area contributed by atoms with Crippen molar-refractivity contribution in [3.63, 3.8) is 0 Å². The van der Waals surface area contributed by atoms with E-state index in [9.17, 15) is 18.9 Å². The van der Waals surface area contributed by atoms with Crippen LogP contribution in [0.4, 0.5) is 10.1 Å². The number of ether oxygens (including phenoxy) is 1. The molecule has 210 valence electrons. The molecule has 11 heteroatoms. The number of rotatable bonds is 10. The Morgan fingerprint density at radius 3 is 2.60 bits per heavy atom. The fourth-order valence-electron chi connectivity index (χ4n) is 4.04. The maximum Gasteiger partial charge on any atom is 0.307 e. The lowest BCUT2D eigenvalue weighted by Crippen LogP contribution is -2.33. The summed E-state index contributed by atoms with van der Waals surface area (Å²) in [5.41, 5.74) is 2.92. The van der Waals surface area contributed by atoms with Crippen molar-refractivity contribution in [3.05, 3.63) is 77.6 Å². The Balaban J connectivity index is 1.66. The van der Waals surface area contributed by atoms with Gasteiger partial charge in [-0.05, 0) is 56.7 Å². The van der Waals surface area contributed by atoms with Crippen LogP contribution in [-0.4, -0.2) is 30.9 Å². The number of anilines is 1. The number of fused-ring (bicyclic) bond motifs is 1. The molecule has 0 saturated heterocycles. The highest BCUT2D eigenvalue weighted by Crippen LogP contribution is 2.34. The van der Waals surface area contributed by atoms with Crippen molar-refractivity contribution >= 4 is 39.5 Å². The maximum absolute atomic E-state index is 15.7. The first-order chi connectivity index (χ1) is 18.9. The second kappa shape index (κ2) is 12.0. The minimum Gasteiger partial charge on any atom is -0.489 e. The number of nitrogens with one attached hydrogen (secondary N) is 2. The first-order valence-electron chi connectivity index (χ1n) is 12.5. The van der Waals surface area contributed by atoms with Gasteiger partial charge in [-0.1, -0.05) is 6.07 Å². The van der Waals surface area contributed by atoms with Crippen molar-refractivity contribution < 1.29 is 32.4 Å². The van der Waals surface area contributed by atoms with Gasteiger partial charge in [0, 0.05) is 47.0 Å². The fourth-order valence-corrected chi connectivity index (χ4v) is 4.74. The molecule has 0 radical (unpaired) electrons. The predicted octanol–water partition coefficient (Wildman–Crippen LogP) is 5.35. The molecule has 2 aromatic heterocycles. The van der Waals surface area contributed by atoms with E-state index >= 15 is 4.39 Å². The lowest BCUT2D eigenvalue weighted by atomic mass is 10.00. The van der Waals surface area contributed by atoms with Gasteiger partial charge in [0.15, 0.2) is 5.82 Å². The van der Waals surface area contributed by atoms with Crippen LogP contribution in [0.25, 0.3) is 22.1 Å². The molecular weight excluding hydrogens is 537 g/mol. The molecule has 0 fully saturated rings. The van der Waals surface area contributed by atoms with Gasteiger partial charge in [0.2, 0.25) is 5.91 Å². The molecule has 1 atom stereocenters. The highest BCUT2D eigenvalue weighted by Gasteiger charge is 2.21. The van der Waals surface area contributed by atoms with E-state index in [1.165, 1.54) is 19.4 Å².